The second kappa shape index (κ2) is 7.66. The quantitative estimate of drug-likeness (QED) is 0.520. The highest BCUT2D eigenvalue weighted by atomic mass is 35.5. The Morgan fingerprint density at radius 1 is 1.04 bits per heavy atom. The zero-order valence-corrected chi connectivity index (χ0v) is 15.8. The van der Waals surface area contributed by atoms with Gasteiger partial charge < -0.3 is 10.1 Å². The number of nitrogens with zero attached hydrogens (tertiary/aromatic N) is 2. The minimum Gasteiger partial charge on any atom is -0.497 e. The number of hydrogen-bond donors (Lipinski definition) is 1. The average Bonchev–Trinajstić information content (AvgIpc) is 2.74. The number of pyridine rings is 2. The van der Waals surface area contributed by atoms with Gasteiger partial charge in [0, 0.05) is 17.1 Å². The minimum absolute atomic E-state index is 0.302. The summed E-state index contributed by atoms with van der Waals surface area (Å²) in [6, 6.07) is 20.2. The maximum absolute atomic E-state index is 13.0. The molecular weight excluding hydrogens is 374 g/mol. The monoisotopic (exact) mass is 389 g/mol. The molecule has 1 amide bonds. The lowest BCUT2D eigenvalue weighted by atomic mass is 10.0. The SMILES string of the molecule is COc1cccc(-c2cc(C(=O)Nc3ncccc3Cl)c3ccccc3n2)c1. The smallest absolute Gasteiger partial charge is 0.257 e. The van der Waals surface area contributed by atoms with E-state index < -0.39 is 0 Å². The van der Waals surface area contributed by atoms with Crippen molar-refractivity contribution in [2.75, 3.05) is 12.4 Å². The molecule has 0 spiro atoms. The second-order valence-electron chi connectivity index (χ2n) is 6.09. The van der Waals surface area contributed by atoms with E-state index in [9.17, 15) is 4.79 Å². The van der Waals surface area contributed by atoms with Crippen LogP contribution in [-0.2, 0) is 0 Å². The van der Waals surface area contributed by atoms with Crippen LogP contribution in [0.1, 0.15) is 10.4 Å². The minimum atomic E-state index is -0.302. The molecule has 138 valence electrons. The van der Waals surface area contributed by atoms with Crippen LogP contribution in [0.15, 0.2) is 72.9 Å². The van der Waals surface area contributed by atoms with E-state index in [-0.39, 0.29) is 5.91 Å². The average molecular weight is 390 g/mol. The fourth-order valence-electron chi connectivity index (χ4n) is 2.95. The van der Waals surface area contributed by atoms with Gasteiger partial charge in [-0.25, -0.2) is 9.97 Å². The number of benzene rings is 2. The van der Waals surface area contributed by atoms with Crippen molar-refractivity contribution in [2.45, 2.75) is 0 Å². The van der Waals surface area contributed by atoms with Gasteiger partial charge in [-0.05, 0) is 36.4 Å². The Labute approximate surface area is 167 Å². The molecule has 4 aromatic rings. The molecule has 2 aromatic heterocycles. The number of halogens is 1. The van der Waals surface area contributed by atoms with Gasteiger partial charge in [-0.3, -0.25) is 4.79 Å². The van der Waals surface area contributed by atoms with Crippen LogP contribution >= 0.6 is 11.6 Å². The van der Waals surface area contributed by atoms with Gasteiger partial charge in [0.05, 0.1) is 28.9 Å². The first-order valence-electron chi connectivity index (χ1n) is 8.62. The largest absolute Gasteiger partial charge is 0.497 e. The van der Waals surface area contributed by atoms with Gasteiger partial charge in [0.2, 0.25) is 0 Å². The number of nitrogens with one attached hydrogen (secondary N) is 1. The number of anilines is 1. The molecule has 5 nitrogen and oxygen atoms in total. The molecule has 4 rings (SSSR count). The molecule has 1 N–H and O–H groups in total. The summed E-state index contributed by atoms with van der Waals surface area (Å²) in [5.74, 6) is 0.736. The number of carbonyl (C=O) groups is 1. The van der Waals surface area contributed by atoms with Crippen molar-refractivity contribution in [3.8, 4) is 17.0 Å². The maximum atomic E-state index is 13.0. The summed E-state index contributed by atoms with van der Waals surface area (Å²) in [6.45, 7) is 0. The first kappa shape index (κ1) is 17.9. The Morgan fingerprint density at radius 3 is 2.71 bits per heavy atom. The summed E-state index contributed by atoms with van der Waals surface area (Å²) < 4.78 is 5.30. The van der Waals surface area contributed by atoms with Gasteiger partial charge >= 0.3 is 0 Å². The summed E-state index contributed by atoms with van der Waals surface area (Å²) >= 11 is 6.13. The van der Waals surface area contributed by atoms with E-state index in [1.165, 1.54) is 0 Å². The van der Waals surface area contributed by atoms with E-state index in [4.69, 9.17) is 21.3 Å². The number of ether oxygens (including phenoxy) is 1. The zero-order valence-electron chi connectivity index (χ0n) is 15.0. The van der Waals surface area contributed by atoms with Gasteiger partial charge in [0.15, 0.2) is 5.82 Å². The van der Waals surface area contributed by atoms with Crippen LogP contribution in [0.2, 0.25) is 5.02 Å². The van der Waals surface area contributed by atoms with Crippen molar-refractivity contribution >= 4 is 34.2 Å². The first-order valence-corrected chi connectivity index (χ1v) is 8.99. The third kappa shape index (κ3) is 3.52. The molecule has 0 aliphatic carbocycles. The standard InChI is InChI=1S/C22H16ClN3O2/c1-28-15-7-4-6-14(12-15)20-13-17(16-8-2-3-10-19(16)25-20)22(27)26-21-18(23)9-5-11-24-21/h2-13H,1H3,(H,24,26,27). The molecule has 0 aliphatic heterocycles. The number of amides is 1. The third-order valence-electron chi connectivity index (χ3n) is 4.32. The summed E-state index contributed by atoms with van der Waals surface area (Å²) in [4.78, 5) is 21.9. The van der Waals surface area contributed by atoms with Crippen molar-refractivity contribution < 1.29 is 9.53 Å². The number of carbonyl (C=O) groups excluding carboxylic acids is 1. The van der Waals surface area contributed by atoms with Crippen LogP contribution in [0, 0.1) is 0 Å². The van der Waals surface area contributed by atoms with Crippen LogP contribution in [0.4, 0.5) is 5.82 Å². The lowest BCUT2D eigenvalue weighted by molar-refractivity contribution is 0.102. The Bertz CT molecular complexity index is 1180. The molecule has 0 radical (unpaired) electrons. The van der Waals surface area contributed by atoms with Gasteiger partial charge in [-0.15, -0.1) is 0 Å². The van der Waals surface area contributed by atoms with Crippen molar-refractivity contribution in [2.24, 2.45) is 0 Å². The first-order chi connectivity index (χ1) is 13.7. The molecule has 0 aliphatic rings. The fraction of sp³-hybridized carbons (Fsp3) is 0.0455. The molecule has 0 saturated heterocycles. The Balaban J connectivity index is 1.82. The molecule has 0 fully saturated rings. The summed E-state index contributed by atoms with van der Waals surface area (Å²) in [5, 5.41) is 3.91. The van der Waals surface area contributed by atoms with Gasteiger partial charge in [0.25, 0.3) is 5.91 Å². The Kier molecular flexibility index (Phi) is 4.91. The lowest BCUT2D eigenvalue weighted by Gasteiger charge is -2.11. The summed E-state index contributed by atoms with van der Waals surface area (Å²) in [5.41, 5.74) is 2.75. The van der Waals surface area contributed by atoms with E-state index in [2.05, 4.69) is 10.3 Å². The van der Waals surface area contributed by atoms with Crippen molar-refractivity contribution in [1.29, 1.82) is 0 Å². The topological polar surface area (TPSA) is 64.1 Å². The van der Waals surface area contributed by atoms with E-state index >= 15 is 0 Å². The predicted octanol–water partition coefficient (Wildman–Crippen LogP) is 5.21. The molecule has 0 unspecified atom stereocenters. The highest BCUT2D eigenvalue weighted by Crippen LogP contribution is 2.28. The molecular formula is C22H16ClN3O2. The molecule has 6 heteroatoms. The molecule has 0 atom stereocenters. The molecule has 2 aromatic carbocycles. The number of para-hydroxylation sites is 1. The van der Waals surface area contributed by atoms with Crippen LogP contribution < -0.4 is 10.1 Å². The highest BCUT2D eigenvalue weighted by Gasteiger charge is 2.16. The maximum Gasteiger partial charge on any atom is 0.257 e. The van der Waals surface area contributed by atoms with Crippen LogP contribution in [0.25, 0.3) is 22.2 Å². The highest BCUT2D eigenvalue weighted by molar-refractivity contribution is 6.33. The van der Waals surface area contributed by atoms with Gasteiger partial charge in [-0.2, -0.15) is 0 Å². The lowest BCUT2D eigenvalue weighted by Crippen LogP contribution is -2.14. The Morgan fingerprint density at radius 2 is 1.89 bits per heavy atom. The number of rotatable bonds is 4. The second-order valence-corrected chi connectivity index (χ2v) is 6.50. The number of aromatic nitrogens is 2. The molecule has 0 saturated carbocycles. The van der Waals surface area contributed by atoms with Crippen molar-refractivity contribution in [3.63, 3.8) is 0 Å². The van der Waals surface area contributed by atoms with Gasteiger partial charge in [-0.1, -0.05) is 41.9 Å². The molecule has 2 heterocycles. The van der Waals surface area contributed by atoms with E-state index in [1.54, 1.807) is 31.5 Å². The predicted molar refractivity (Wildman–Crippen MR) is 111 cm³/mol. The summed E-state index contributed by atoms with van der Waals surface area (Å²) in [6.07, 6.45) is 1.58. The van der Waals surface area contributed by atoms with Crippen LogP contribution in [0.3, 0.4) is 0 Å². The summed E-state index contributed by atoms with van der Waals surface area (Å²) in [7, 11) is 1.61. The van der Waals surface area contributed by atoms with Crippen LogP contribution in [-0.4, -0.2) is 23.0 Å². The molecule has 28 heavy (non-hydrogen) atoms. The van der Waals surface area contributed by atoms with Gasteiger partial charge in [0.1, 0.15) is 5.75 Å². The van der Waals surface area contributed by atoms with E-state index in [0.717, 1.165) is 22.2 Å². The van der Waals surface area contributed by atoms with Crippen LogP contribution in [0.5, 0.6) is 5.75 Å². The zero-order chi connectivity index (χ0) is 19.5. The fourth-order valence-corrected chi connectivity index (χ4v) is 3.11. The number of methoxy groups -OCH3 is 1. The third-order valence-corrected chi connectivity index (χ3v) is 4.62. The number of hydrogen-bond acceptors (Lipinski definition) is 4. The van der Waals surface area contributed by atoms with E-state index in [1.807, 2.05) is 48.5 Å². The van der Waals surface area contributed by atoms with E-state index in [0.29, 0.717) is 22.1 Å². The normalized spacial score (nSPS) is 10.6. The van der Waals surface area contributed by atoms with Crippen molar-refractivity contribution in [1.82, 2.24) is 9.97 Å². The van der Waals surface area contributed by atoms with Crippen molar-refractivity contribution in [3.05, 3.63) is 83.5 Å². The Hall–Kier alpha value is -3.44. The molecule has 0 bridgehead atoms. The number of fused-ring (bicyclic) bond motifs is 1.